The Morgan fingerprint density at radius 3 is 1.79 bits per heavy atom. The molecule has 0 radical (unpaired) electrons. The van der Waals surface area contributed by atoms with Crippen LogP contribution in [0.5, 0.6) is 0 Å². The standard InChI is InChI=1S/C21H23N3O5/c1-13(25)22-16-9-6-10-17(12-16)24-20(28)21(2,3)19(27)23-15-8-5-7-14(11-15)18(26)29-4/h5-12H,1-4H3,(H,22,25)(H,23,27)(H,24,28). The lowest BCUT2D eigenvalue weighted by molar-refractivity contribution is -0.135. The van der Waals surface area contributed by atoms with Gasteiger partial charge in [-0.05, 0) is 50.2 Å². The summed E-state index contributed by atoms with van der Waals surface area (Å²) in [6.07, 6.45) is 0. The fourth-order valence-corrected chi connectivity index (χ4v) is 2.40. The van der Waals surface area contributed by atoms with Crippen molar-refractivity contribution in [3.8, 4) is 0 Å². The lowest BCUT2D eigenvalue weighted by Gasteiger charge is -2.23. The van der Waals surface area contributed by atoms with Crippen LogP contribution in [0, 0.1) is 5.41 Å². The largest absolute Gasteiger partial charge is 0.465 e. The van der Waals surface area contributed by atoms with Gasteiger partial charge in [-0.1, -0.05) is 12.1 Å². The van der Waals surface area contributed by atoms with E-state index >= 15 is 0 Å². The van der Waals surface area contributed by atoms with Crippen molar-refractivity contribution < 1.29 is 23.9 Å². The molecule has 2 aromatic carbocycles. The first-order valence-electron chi connectivity index (χ1n) is 8.82. The molecule has 0 aliphatic carbocycles. The van der Waals surface area contributed by atoms with Gasteiger partial charge in [-0.2, -0.15) is 0 Å². The van der Waals surface area contributed by atoms with E-state index < -0.39 is 23.2 Å². The van der Waals surface area contributed by atoms with Crippen LogP contribution in [-0.2, 0) is 19.1 Å². The van der Waals surface area contributed by atoms with Gasteiger partial charge in [0.25, 0.3) is 0 Å². The number of hydrogen-bond donors (Lipinski definition) is 3. The topological polar surface area (TPSA) is 114 Å². The minimum atomic E-state index is -1.41. The van der Waals surface area contributed by atoms with E-state index in [1.54, 1.807) is 42.5 Å². The number of benzene rings is 2. The molecule has 0 bridgehead atoms. The summed E-state index contributed by atoms with van der Waals surface area (Å²) in [6.45, 7) is 4.35. The van der Waals surface area contributed by atoms with E-state index in [0.29, 0.717) is 17.1 Å². The Morgan fingerprint density at radius 2 is 1.28 bits per heavy atom. The van der Waals surface area contributed by atoms with Gasteiger partial charge in [0.05, 0.1) is 12.7 Å². The van der Waals surface area contributed by atoms with Crippen molar-refractivity contribution in [3.05, 3.63) is 54.1 Å². The molecule has 0 aromatic heterocycles. The summed E-state index contributed by atoms with van der Waals surface area (Å²) in [5.41, 5.74) is 0.200. The van der Waals surface area contributed by atoms with Crippen molar-refractivity contribution in [2.75, 3.05) is 23.1 Å². The summed E-state index contributed by atoms with van der Waals surface area (Å²) in [5, 5.41) is 7.94. The molecule has 0 spiro atoms. The normalized spacial score (nSPS) is 10.6. The molecule has 0 heterocycles. The summed E-state index contributed by atoms with van der Waals surface area (Å²) in [6, 6.07) is 12.8. The molecule has 0 saturated carbocycles. The van der Waals surface area contributed by atoms with E-state index in [2.05, 4.69) is 20.7 Å². The maximum absolute atomic E-state index is 12.7. The molecule has 0 fully saturated rings. The quantitative estimate of drug-likeness (QED) is 0.512. The van der Waals surface area contributed by atoms with Crippen LogP contribution in [-0.4, -0.2) is 30.8 Å². The molecular formula is C21H23N3O5. The molecule has 2 aromatic rings. The van der Waals surface area contributed by atoms with Gasteiger partial charge in [-0.3, -0.25) is 14.4 Å². The monoisotopic (exact) mass is 397 g/mol. The average molecular weight is 397 g/mol. The van der Waals surface area contributed by atoms with E-state index in [9.17, 15) is 19.2 Å². The van der Waals surface area contributed by atoms with Crippen LogP contribution in [0.15, 0.2) is 48.5 Å². The van der Waals surface area contributed by atoms with Crippen LogP contribution in [0.25, 0.3) is 0 Å². The van der Waals surface area contributed by atoms with Gasteiger partial charge >= 0.3 is 5.97 Å². The van der Waals surface area contributed by atoms with Gasteiger partial charge in [0.2, 0.25) is 17.7 Å². The minimum Gasteiger partial charge on any atom is -0.465 e. The number of carbonyl (C=O) groups is 4. The molecule has 2 rings (SSSR count). The first-order valence-corrected chi connectivity index (χ1v) is 8.82. The Hall–Kier alpha value is -3.68. The van der Waals surface area contributed by atoms with Crippen molar-refractivity contribution in [1.29, 1.82) is 0 Å². The highest BCUT2D eigenvalue weighted by molar-refractivity contribution is 6.14. The summed E-state index contributed by atoms with van der Waals surface area (Å²) in [5.74, 6) is -1.84. The summed E-state index contributed by atoms with van der Waals surface area (Å²) in [4.78, 5) is 48.2. The van der Waals surface area contributed by atoms with E-state index in [-0.39, 0.29) is 11.5 Å². The van der Waals surface area contributed by atoms with Gasteiger partial charge in [-0.15, -0.1) is 0 Å². The predicted octanol–water partition coefficient (Wildman–Crippen LogP) is 3.04. The van der Waals surface area contributed by atoms with Crippen molar-refractivity contribution in [2.45, 2.75) is 20.8 Å². The lowest BCUT2D eigenvalue weighted by Crippen LogP contribution is -2.41. The third-order valence-electron chi connectivity index (χ3n) is 4.12. The third-order valence-corrected chi connectivity index (χ3v) is 4.12. The molecule has 8 nitrogen and oxygen atoms in total. The molecule has 8 heteroatoms. The SMILES string of the molecule is COC(=O)c1cccc(NC(=O)C(C)(C)C(=O)Nc2cccc(NC(C)=O)c2)c1. The van der Waals surface area contributed by atoms with E-state index in [1.165, 1.54) is 33.9 Å². The minimum absolute atomic E-state index is 0.234. The number of anilines is 3. The molecule has 152 valence electrons. The molecule has 3 N–H and O–H groups in total. The van der Waals surface area contributed by atoms with E-state index in [4.69, 9.17) is 0 Å². The Bertz CT molecular complexity index is 953. The Kier molecular flexibility index (Phi) is 6.71. The average Bonchev–Trinajstić information content (AvgIpc) is 2.67. The molecular weight excluding hydrogens is 374 g/mol. The highest BCUT2D eigenvalue weighted by atomic mass is 16.5. The number of esters is 1. The lowest BCUT2D eigenvalue weighted by atomic mass is 9.90. The molecule has 0 atom stereocenters. The predicted molar refractivity (Wildman–Crippen MR) is 110 cm³/mol. The number of carbonyl (C=O) groups excluding carboxylic acids is 4. The highest BCUT2D eigenvalue weighted by Gasteiger charge is 2.36. The number of hydrogen-bond acceptors (Lipinski definition) is 5. The van der Waals surface area contributed by atoms with Crippen LogP contribution in [0.2, 0.25) is 0 Å². The van der Waals surface area contributed by atoms with Gasteiger partial charge in [-0.25, -0.2) is 4.79 Å². The van der Waals surface area contributed by atoms with Gasteiger partial charge in [0.1, 0.15) is 5.41 Å². The number of ether oxygens (including phenoxy) is 1. The Morgan fingerprint density at radius 1 is 0.793 bits per heavy atom. The van der Waals surface area contributed by atoms with Gasteiger partial charge < -0.3 is 20.7 Å². The van der Waals surface area contributed by atoms with Gasteiger partial charge in [0, 0.05) is 24.0 Å². The molecule has 3 amide bonds. The highest BCUT2D eigenvalue weighted by Crippen LogP contribution is 2.23. The first-order chi connectivity index (χ1) is 13.6. The zero-order valence-corrected chi connectivity index (χ0v) is 16.7. The fraction of sp³-hybridized carbons (Fsp3) is 0.238. The van der Waals surface area contributed by atoms with Crippen LogP contribution >= 0.6 is 0 Å². The second kappa shape index (κ2) is 9.01. The van der Waals surface area contributed by atoms with Gasteiger partial charge in [0.15, 0.2) is 0 Å². The second-order valence-electron chi connectivity index (χ2n) is 6.87. The zero-order chi connectivity index (χ0) is 21.6. The van der Waals surface area contributed by atoms with E-state index in [1.807, 2.05) is 0 Å². The van der Waals surface area contributed by atoms with Crippen molar-refractivity contribution in [3.63, 3.8) is 0 Å². The van der Waals surface area contributed by atoms with Crippen LogP contribution < -0.4 is 16.0 Å². The summed E-state index contributed by atoms with van der Waals surface area (Å²) < 4.78 is 4.66. The first kappa shape index (κ1) is 21.6. The van der Waals surface area contributed by atoms with Crippen LogP contribution in [0.1, 0.15) is 31.1 Å². The van der Waals surface area contributed by atoms with Crippen molar-refractivity contribution in [1.82, 2.24) is 0 Å². The van der Waals surface area contributed by atoms with Crippen molar-refractivity contribution >= 4 is 40.8 Å². The van der Waals surface area contributed by atoms with Crippen LogP contribution in [0.4, 0.5) is 17.1 Å². The third kappa shape index (κ3) is 5.65. The number of methoxy groups -OCH3 is 1. The molecule has 0 saturated heterocycles. The van der Waals surface area contributed by atoms with E-state index in [0.717, 1.165) is 0 Å². The van der Waals surface area contributed by atoms with Crippen LogP contribution in [0.3, 0.4) is 0 Å². The number of nitrogens with one attached hydrogen (secondary N) is 3. The fourth-order valence-electron chi connectivity index (χ4n) is 2.40. The number of rotatable bonds is 6. The summed E-state index contributed by atoms with van der Waals surface area (Å²) >= 11 is 0. The smallest absolute Gasteiger partial charge is 0.337 e. The second-order valence-corrected chi connectivity index (χ2v) is 6.87. The van der Waals surface area contributed by atoms with Crippen molar-refractivity contribution in [2.24, 2.45) is 5.41 Å². The summed E-state index contributed by atoms with van der Waals surface area (Å²) in [7, 11) is 1.27. The maximum atomic E-state index is 12.7. The number of amides is 3. The Labute approximate surface area is 168 Å². The molecule has 0 aliphatic heterocycles. The Balaban J connectivity index is 2.11. The maximum Gasteiger partial charge on any atom is 0.337 e. The molecule has 0 unspecified atom stereocenters. The zero-order valence-electron chi connectivity index (χ0n) is 16.7. The molecule has 29 heavy (non-hydrogen) atoms. The molecule has 0 aliphatic rings.